The van der Waals surface area contributed by atoms with Crippen LogP contribution in [0.4, 0.5) is 0 Å². The molecule has 1 nitrogen and oxygen atoms in total. The first-order valence-electron chi connectivity index (χ1n) is 2.98. The van der Waals surface area contributed by atoms with Gasteiger partial charge in [-0.1, -0.05) is 6.08 Å². The Morgan fingerprint density at radius 2 is 2.11 bits per heavy atom. The molecule has 9 heavy (non-hydrogen) atoms. The Morgan fingerprint density at radius 1 is 1.33 bits per heavy atom. The lowest BCUT2D eigenvalue weighted by atomic mass is 10.2. The largest absolute Gasteiger partial charge is 0.465 e. The molecule has 0 radical (unpaired) electrons. The van der Waals surface area contributed by atoms with E-state index in [1.54, 1.807) is 6.26 Å². The predicted octanol–water partition coefficient (Wildman–Crippen LogP) is 2.38. The Morgan fingerprint density at radius 3 is 2.44 bits per heavy atom. The normalized spacial score (nSPS) is 15.6. The summed E-state index contributed by atoms with van der Waals surface area (Å²) in [7, 11) is 0. The molecule has 1 aliphatic rings. The van der Waals surface area contributed by atoms with Gasteiger partial charge in [0.25, 0.3) is 0 Å². The second-order valence-corrected chi connectivity index (χ2v) is 2.17. The third-order valence-electron chi connectivity index (χ3n) is 1.13. The lowest BCUT2D eigenvalue weighted by molar-refractivity contribution is 0.359. The molecular weight excluding hydrogens is 112 g/mol. The molecule has 0 aromatic carbocycles. The number of allylic oxidation sites excluding steroid dienone is 4. The van der Waals surface area contributed by atoms with Gasteiger partial charge in [-0.05, 0) is 31.6 Å². The molecule has 0 saturated heterocycles. The molecule has 1 heterocycles. The molecule has 0 unspecified atom stereocenters. The topological polar surface area (TPSA) is 9.23 Å². The van der Waals surface area contributed by atoms with Crippen LogP contribution >= 0.6 is 0 Å². The molecule has 1 aliphatic heterocycles. The fourth-order valence-electron chi connectivity index (χ4n) is 0.625. The van der Waals surface area contributed by atoms with Gasteiger partial charge in [-0.2, -0.15) is 0 Å². The van der Waals surface area contributed by atoms with Crippen molar-refractivity contribution in [3.05, 3.63) is 35.8 Å². The smallest absolute Gasteiger partial charge is 0.125 e. The van der Waals surface area contributed by atoms with Crippen molar-refractivity contribution < 1.29 is 4.74 Å². The van der Waals surface area contributed by atoms with Gasteiger partial charge in [-0.3, -0.25) is 0 Å². The van der Waals surface area contributed by atoms with Gasteiger partial charge < -0.3 is 4.74 Å². The predicted molar refractivity (Wildman–Crippen MR) is 37.7 cm³/mol. The first kappa shape index (κ1) is 6.14. The van der Waals surface area contributed by atoms with Crippen molar-refractivity contribution in [3.8, 4) is 0 Å². The molecule has 0 fully saturated rings. The monoisotopic (exact) mass is 122 g/mol. The summed E-state index contributed by atoms with van der Waals surface area (Å²) in [6, 6.07) is 0. The first-order chi connectivity index (χ1) is 4.30. The van der Waals surface area contributed by atoms with Crippen molar-refractivity contribution in [2.24, 2.45) is 0 Å². The molecule has 0 N–H and O–H groups in total. The van der Waals surface area contributed by atoms with Crippen LogP contribution in [0.15, 0.2) is 35.8 Å². The van der Waals surface area contributed by atoms with Crippen LogP contribution in [0.1, 0.15) is 13.8 Å². The van der Waals surface area contributed by atoms with Gasteiger partial charge in [-0.15, -0.1) is 0 Å². The molecule has 0 spiro atoms. The minimum atomic E-state index is 0.956. The van der Waals surface area contributed by atoms with E-state index < -0.39 is 0 Å². The third kappa shape index (κ3) is 1.46. The second kappa shape index (κ2) is 2.53. The van der Waals surface area contributed by atoms with Crippen molar-refractivity contribution in [1.29, 1.82) is 0 Å². The number of ether oxygens (including phenoxy) is 1. The zero-order valence-electron chi connectivity index (χ0n) is 5.72. The molecule has 0 aliphatic carbocycles. The maximum absolute atomic E-state index is 5.15. The standard InChI is InChI=1S/C8H10O/c1-7(2)8-5-3-4-6-9-8/h3-6H,1-2H3. The van der Waals surface area contributed by atoms with Crippen molar-refractivity contribution >= 4 is 0 Å². The van der Waals surface area contributed by atoms with E-state index in [-0.39, 0.29) is 0 Å². The lowest BCUT2D eigenvalue weighted by Crippen LogP contribution is -1.86. The number of hydrogen-bond acceptors (Lipinski definition) is 1. The molecular formula is C8H10O. The molecule has 0 bridgehead atoms. The minimum Gasteiger partial charge on any atom is -0.465 e. The highest BCUT2D eigenvalue weighted by Gasteiger charge is 1.94. The average molecular weight is 122 g/mol. The number of rotatable bonds is 0. The Kier molecular flexibility index (Phi) is 1.73. The van der Waals surface area contributed by atoms with Gasteiger partial charge in [-0.25, -0.2) is 0 Å². The maximum atomic E-state index is 5.15. The Balaban J connectivity index is 2.78. The highest BCUT2D eigenvalue weighted by atomic mass is 16.5. The van der Waals surface area contributed by atoms with E-state index in [1.165, 1.54) is 5.57 Å². The lowest BCUT2D eigenvalue weighted by Gasteiger charge is -2.05. The highest BCUT2D eigenvalue weighted by molar-refractivity contribution is 5.24. The summed E-state index contributed by atoms with van der Waals surface area (Å²) in [5.74, 6) is 0.956. The van der Waals surface area contributed by atoms with Crippen molar-refractivity contribution in [1.82, 2.24) is 0 Å². The fraction of sp³-hybridized carbons (Fsp3) is 0.250. The van der Waals surface area contributed by atoms with E-state index in [1.807, 2.05) is 32.1 Å². The zero-order valence-corrected chi connectivity index (χ0v) is 5.72. The molecule has 0 atom stereocenters. The van der Waals surface area contributed by atoms with Crippen molar-refractivity contribution in [2.45, 2.75) is 13.8 Å². The summed E-state index contributed by atoms with van der Waals surface area (Å²) in [5.41, 5.74) is 1.20. The summed E-state index contributed by atoms with van der Waals surface area (Å²) in [5, 5.41) is 0. The van der Waals surface area contributed by atoms with Crippen LogP contribution < -0.4 is 0 Å². The molecule has 1 heteroatoms. The van der Waals surface area contributed by atoms with E-state index in [0.717, 1.165) is 5.76 Å². The summed E-state index contributed by atoms with van der Waals surface area (Å²) in [6.07, 6.45) is 7.47. The fourth-order valence-corrected chi connectivity index (χ4v) is 0.625. The average Bonchev–Trinajstić information content (AvgIpc) is 1.90. The van der Waals surface area contributed by atoms with Gasteiger partial charge >= 0.3 is 0 Å². The number of hydrogen-bond donors (Lipinski definition) is 0. The van der Waals surface area contributed by atoms with E-state index in [9.17, 15) is 0 Å². The van der Waals surface area contributed by atoms with Crippen LogP contribution in [0.5, 0.6) is 0 Å². The van der Waals surface area contributed by atoms with E-state index in [2.05, 4.69) is 0 Å². The zero-order chi connectivity index (χ0) is 6.69. The quantitative estimate of drug-likeness (QED) is 0.479. The van der Waals surface area contributed by atoms with Gasteiger partial charge in [0, 0.05) is 0 Å². The molecule has 0 aromatic heterocycles. The second-order valence-electron chi connectivity index (χ2n) is 2.17. The molecule has 0 amide bonds. The van der Waals surface area contributed by atoms with Gasteiger partial charge in [0.05, 0.1) is 6.26 Å². The highest BCUT2D eigenvalue weighted by Crippen LogP contribution is 2.10. The molecule has 0 aromatic rings. The van der Waals surface area contributed by atoms with Gasteiger partial charge in [0.15, 0.2) is 0 Å². The first-order valence-corrected chi connectivity index (χ1v) is 2.98. The van der Waals surface area contributed by atoms with Crippen LogP contribution in [-0.2, 0) is 4.74 Å². The Bertz CT molecular complexity index is 181. The Hall–Kier alpha value is -0.980. The van der Waals surface area contributed by atoms with Gasteiger partial charge in [0.2, 0.25) is 0 Å². The molecule has 1 rings (SSSR count). The summed E-state index contributed by atoms with van der Waals surface area (Å²) in [4.78, 5) is 0. The van der Waals surface area contributed by atoms with Crippen molar-refractivity contribution in [3.63, 3.8) is 0 Å². The van der Waals surface area contributed by atoms with Crippen LogP contribution in [0.2, 0.25) is 0 Å². The van der Waals surface area contributed by atoms with E-state index in [0.29, 0.717) is 0 Å². The van der Waals surface area contributed by atoms with Gasteiger partial charge in [0.1, 0.15) is 5.76 Å². The van der Waals surface area contributed by atoms with Crippen LogP contribution in [0.25, 0.3) is 0 Å². The third-order valence-corrected chi connectivity index (χ3v) is 1.13. The van der Waals surface area contributed by atoms with Crippen LogP contribution in [0.3, 0.4) is 0 Å². The summed E-state index contributed by atoms with van der Waals surface area (Å²) >= 11 is 0. The Labute approximate surface area is 55.3 Å². The minimum absolute atomic E-state index is 0.956. The summed E-state index contributed by atoms with van der Waals surface area (Å²) < 4.78 is 5.15. The SMILES string of the molecule is CC(C)=C1C=CC=CO1. The van der Waals surface area contributed by atoms with Crippen molar-refractivity contribution in [2.75, 3.05) is 0 Å². The van der Waals surface area contributed by atoms with E-state index >= 15 is 0 Å². The summed E-state index contributed by atoms with van der Waals surface area (Å²) in [6.45, 7) is 4.05. The van der Waals surface area contributed by atoms with Crippen LogP contribution in [-0.4, -0.2) is 0 Å². The molecule has 0 saturated carbocycles. The molecule has 48 valence electrons. The van der Waals surface area contributed by atoms with E-state index in [4.69, 9.17) is 4.74 Å². The maximum Gasteiger partial charge on any atom is 0.125 e. The van der Waals surface area contributed by atoms with Crippen LogP contribution in [0, 0.1) is 0 Å².